The molecular weight excluding hydrogens is 284 g/mol. The first kappa shape index (κ1) is 14.1. The number of amides is 2. The molecule has 0 aliphatic carbocycles. The number of hydrogen-bond acceptors (Lipinski definition) is 3. The molecule has 0 spiro atoms. The summed E-state index contributed by atoms with van der Waals surface area (Å²) in [6, 6.07) is 3.69. The summed E-state index contributed by atoms with van der Waals surface area (Å²) in [5.74, 6) is 0.0450. The molecule has 1 fully saturated rings. The number of halogens is 1. The molecule has 0 saturated carbocycles. The van der Waals surface area contributed by atoms with E-state index in [-0.39, 0.29) is 11.8 Å². The van der Waals surface area contributed by atoms with Gasteiger partial charge in [0.1, 0.15) is 0 Å². The Kier molecular flexibility index (Phi) is 4.61. The largest absolute Gasteiger partial charge is 0.339 e. The lowest BCUT2D eigenvalue weighted by molar-refractivity contribution is -0.135. The second-order valence-corrected chi connectivity index (χ2v) is 6.05. The maximum Gasteiger partial charge on any atom is 0.246 e. The maximum absolute atomic E-state index is 12.0. The Balaban J connectivity index is 1.88. The highest BCUT2D eigenvalue weighted by molar-refractivity contribution is 7.17. The van der Waals surface area contributed by atoms with Gasteiger partial charge >= 0.3 is 0 Å². The fourth-order valence-electron chi connectivity index (χ4n) is 1.92. The molecule has 4 nitrogen and oxygen atoms in total. The van der Waals surface area contributed by atoms with Crippen molar-refractivity contribution in [1.29, 1.82) is 0 Å². The van der Waals surface area contributed by atoms with E-state index in [4.69, 9.17) is 11.6 Å². The van der Waals surface area contributed by atoms with Gasteiger partial charge in [0.05, 0.1) is 4.34 Å². The first-order valence-electron chi connectivity index (χ1n) is 6.04. The van der Waals surface area contributed by atoms with Crippen LogP contribution in [0.3, 0.4) is 0 Å². The predicted molar refractivity (Wildman–Crippen MR) is 77.2 cm³/mol. The van der Waals surface area contributed by atoms with Gasteiger partial charge in [-0.25, -0.2) is 0 Å². The third kappa shape index (κ3) is 3.81. The zero-order valence-corrected chi connectivity index (χ0v) is 12.2. The number of carbonyl (C=O) groups excluding carboxylic acids is 2. The molecule has 1 aromatic rings. The van der Waals surface area contributed by atoms with Crippen LogP contribution in [0.4, 0.5) is 0 Å². The van der Waals surface area contributed by atoms with Crippen molar-refractivity contribution in [2.75, 3.05) is 26.2 Å². The number of nitrogens with zero attached hydrogens (tertiary/aromatic N) is 2. The summed E-state index contributed by atoms with van der Waals surface area (Å²) in [6.07, 6.45) is 3.34. The summed E-state index contributed by atoms with van der Waals surface area (Å²) in [5.41, 5.74) is 0. The van der Waals surface area contributed by atoms with Crippen molar-refractivity contribution in [3.8, 4) is 0 Å². The lowest BCUT2D eigenvalue weighted by Gasteiger charge is -2.33. The molecular formula is C13H15ClN2O2S. The van der Waals surface area contributed by atoms with E-state index in [1.54, 1.807) is 28.9 Å². The van der Waals surface area contributed by atoms with Crippen molar-refractivity contribution in [2.24, 2.45) is 0 Å². The maximum atomic E-state index is 12.0. The number of carbonyl (C=O) groups is 2. The second kappa shape index (κ2) is 6.21. The monoisotopic (exact) mass is 298 g/mol. The summed E-state index contributed by atoms with van der Waals surface area (Å²) in [4.78, 5) is 27.6. The minimum absolute atomic E-state index is 0.0206. The number of piperazine rings is 1. The number of rotatable bonds is 2. The zero-order valence-electron chi connectivity index (χ0n) is 10.6. The molecule has 1 aliphatic rings. The molecule has 0 radical (unpaired) electrons. The Hall–Kier alpha value is -1.33. The normalized spacial score (nSPS) is 16.1. The van der Waals surface area contributed by atoms with Crippen LogP contribution < -0.4 is 0 Å². The third-order valence-corrected chi connectivity index (χ3v) is 4.22. The van der Waals surface area contributed by atoms with E-state index in [2.05, 4.69) is 0 Å². The Bertz CT molecular complexity index is 504. The Morgan fingerprint density at radius 2 is 1.84 bits per heavy atom. The molecule has 1 aromatic heterocycles. The van der Waals surface area contributed by atoms with Gasteiger partial charge in [-0.05, 0) is 18.2 Å². The van der Waals surface area contributed by atoms with Gasteiger partial charge in [-0.3, -0.25) is 9.59 Å². The molecule has 0 N–H and O–H groups in total. The lowest BCUT2D eigenvalue weighted by atomic mass is 10.3. The highest BCUT2D eigenvalue weighted by atomic mass is 35.5. The molecule has 6 heteroatoms. The van der Waals surface area contributed by atoms with Crippen LogP contribution in [-0.2, 0) is 9.59 Å². The predicted octanol–water partition coefficient (Wildman–Crippen LogP) is 2.11. The quantitative estimate of drug-likeness (QED) is 0.785. The molecule has 1 aliphatic heterocycles. The summed E-state index contributed by atoms with van der Waals surface area (Å²) in [7, 11) is 0. The lowest BCUT2D eigenvalue weighted by Crippen LogP contribution is -2.49. The van der Waals surface area contributed by atoms with Gasteiger partial charge in [0.25, 0.3) is 0 Å². The molecule has 0 atom stereocenters. The van der Waals surface area contributed by atoms with Crippen LogP contribution >= 0.6 is 22.9 Å². The van der Waals surface area contributed by atoms with E-state index in [1.807, 2.05) is 12.1 Å². The zero-order chi connectivity index (χ0) is 13.8. The standard InChI is InChI=1S/C13H15ClN2O2S/c1-10(17)15-6-8-16(9-7-15)13(18)5-3-11-2-4-12(14)19-11/h2-5H,6-9H2,1H3. The summed E-state index contributed by atoms with van der Waals surface area (Å²) in [5, 5.41) is 0. The van der Waals surface area contributed by atoms with Gasteiger partial charge in [-0.2, -0.15) is 0 Å². The Morgan fingerprint density at radius 1 is 1.21 bits per heavy atom. The van der Waals surface area contributed by atoms with Gasteiger partial charge in [0.15, 0.2) is 0 Å². The minimum atomic E-state index is -0.0206. The summed E-state index contributed by atoms with van der Waals surface area (Å²) in [6.45, 7) is 3.96. The van der Waals surface area contributed by atoms with Crippen molar-refractivity contribution in [1.82, 2.24) is 9.80 Å². The number of thiophene rings is 1. The van der Waals surface area contributed by atoms with Crippen molar-refractivity contribution in [2.45, 2.75) is 6.92 Å². The van der Waals surface area contributed by atoms with Gasteiger partial charge < -0.3 is 9.80 Å². The van der Waals surface area contributed by atoms with Crippen molar-refractivity contribution in [3.63, 3.8) is 0 Å². The van der Waals surface area contributed by atoms with E-state index in [9.17, 15) is 9.59 Å². The molecule has 2 amide bonds. The molecule has 19 heavy (non-hydrogen) atoms. The van der Waals surface area contributed by atoms with Crippen LogP contribution in [0, 0.1) is 0 Å². The molecule has 2 rings (SSSR count). The first-order chi connectivity index (χ1) is 9.06. The molecule has 102 valence electrons. The summed E-state index contributed by atoms with van der Waals surface area (Å²) < 4.78 is 0.710. The van der Waals surface area contributed by atoms with Crippen LogP contribution in [0.1, 0.15) is 11.8 Å². The van der Waals surface area contributed by atoms with Crippen LogP contribution in [0.25, 0.3) is 6.08 Å². The fourth-order valence-corrected chi connectivity index (χ4v) is 2.88. The highest BCUT2D eigenvalue weighted by Crippen LogP contribution is 2.22. The van der Waals surface area contributed by atoms with Crippen LogP contribution in [0.15, 0.2) is 18.2 Å². The Morgan fingerprint density at radius 3 is 2.37 bits per heavy atom. The van der Waals surface area contributed by atoms with Gasteiger partial charge in [-0.1, -0.05) is 11.6 Å². The van der Waals surface area contributed by atoms with Gasteiger partial charge in [0, 0.05) is 44.1 Å². The third-order valence-electron chi connectivity index (χ3n) is 3.02. The van der Waals surface area contributed by atoms with Crippen molar-refractivity contribution in [3.05, 3.63) is 27.4 Å². The van der Waals surface area contributed by atoms with Crippen LogP contribution in [-0.4, -0.2) is 47.8 Å². The van der Waals surface area contributed by atoms with E-state index in [0.29, 0.717) is 30.5 Å². The first-order valence-corrected chi connectivity index (χ1v) is 7.23. The molecule has 0 unspecified atom stereocenters. The minimum Gasteiger partial charge on any atom is -0.339 e. The molecule has 2 heterocycles. The van der Waals surface area contributed by atoms with E-state index in [1.165, 1.54) is 11.3 Å². The average molecular weight is 299 g/mol. The van der Waals surface area contributed by atoms with Gasteiger partial charge in [0.2, 0.25) is 11.8 Å². The SMILES string of the molecule is CC(=O)N1CCN(C(=O)C=Cc2ccc(Cl)s2)CC1. The summed E-state index contributed by atoms with van der Waals surface area (Å²) >= 11 is 7.26. The smallest absolute Gasteiger partial charge is 0.246 e. The van der Waals surface area contributed by atoms with E-state index >= 15 is 0 Å². The molecule has 0 bridgehead atoms. The topological polar surface area (TPSA) is 40.6 Å². The Labute approximate surface area is 121 Å². The van der Waals surface area contributed by atoms with E-state index < -0.39 is 0 Å². The van der Waals surface area contributed by atoms with E-state index in [0.717, 1.165) is 4.88 Å². The molecule has 1 saturated heterocycles. The van der Waals surface area contributed by atoms with Crippen LogP contribution in [0.5, 0.6) is 0 Å². The molecule has 0 aromatic carbocycles. The fraction of sp³-hybridized carbons (Fsp3) is 0.385. The van der Waals surface area contributed by atoms with Crippen molar-refractivity contribution < 1.29 is 9.59 Å². The van der Waals surface area contributed by atoms with Crippen LogP contribution in [0.2, 0.25) is 4.34 Å². The van der Waals surface area contributed by atoms with Crippen molar-refractivity contribution >= 4 is 40.8 Å². The number of hydrogen-bond donors (Lipinski definition) is 0. The second-order valence-electron chi connectivity index (χ2n) is 4.31. The highest BCUT2D eigenvalue weighted by Gasteiger charge is 2.20. The van der Waals surface area contributed by atoms with Gasteiger partial charge in [-0.15, -0.1) is 11.3 Å². The average Bonchev–Trinajstić information content (AvgIpc) is 2.82.